The number of aryl methyl sites for hydroxylation is 1. The van der Waals surface area contributed by atoms with Gasteiger partial charge >= 0.3 is 0 Å². The first-order valence-electron chi connectivity index (χ1n) is 10.6. The van der Waals surface area contributed by atoms with Crippen LogP contribution < -0.4 is 10.6 Å². The van der Waals surface area contributed by atoms with Crippen LogP contribution in [0.4, 0.5) is 0 Å². The quantitative estimate of drug-likeness (QED) is 0.319. The highest BCUT2D eigenvalue weighted by Crippen LogP contribution is 2.25. The van der Waals surface area contributed by atoms with Crippen LogP contribution in [0.5, 0.6) is 0 Å². The first-order valence-corrected chi connectivity index (χ1v) is 10.6. The van der Waals surface area contributed by atoms with E-state index in [4.69, 9.17) is 4.99 Å². The van der Waals surface area contributed by atoms with Gasteiger partial charge in [0.05, 0.1) is 6.10 Å². The van der Waals surface area contributed by atoms with Crippen molar-refractivity contribution in [3.63, 3.8) is 0 Å². The van der Waals surface area contributed by atoms with Gasteiger partial charge in [0, 0.05) is 44.7 Å². The molecule has 3 rings (SSSR count). The van der Waals surface area contributed by atoms with Crippen molar-refractivity contribution in [2.45, 2.75) is 64.6 Å². The lowest BCUT2D eigenvalue weighted by Crippen LogP contribution is -2.48. The Hall–Kier alpha value is -0.860. The van der Waals surface area contributed by atoms with Gasteiger partial charge in [-0.15, -0.1) is 24.0 Å². The summed E-state index contributed by atoms with van der Waals surface area (Å²) in [5.74, 6) is 1.24. The van der Waals surface area contributed by atoms with Gasteiger partial charge in [0.1, 0.15) is 0 Å². The molecule has 0 spiro atoms. The fourth-order valence-electron chi connectivity index (χ4n) is 4.26. The zero-order chi connectivity index (χ0) is 19.1. The number of guanidine groups is 1. The number of benzene rings is 1. The third-order valence-electron chi connectivity index (χ3n) is 5.86. The highest BCUT2D eigenvalue weighted by molar-refractivity contribution is 14.0. The van der Waals surface area contributed by atoms with E-state index in [1.807, 2.05) is 0 Å². The van der Waals surface area contributed by atoms with Crippen LogP contribution in [0.15, 0.2) is 29.3 Å². The summed E-state index contributed by atoms with van der Waals surface area (Å²) >= 11 is 0. The van der Waals surface area contributed by atoms with Crippen molar-refractivity contribution in [3.8, 4) is 0 Å². The standard InChI is InChI=1S/C22H36N4O.HI/c1-3-23-22(24-15-19-8-5-9-21(19)27)25-20-10-12-26(13-11-20)16-18-7-4-6-17(2)14-18;/h4,6-7,14,19-21,27H,3,5,8-13,15-16H2,1-2H3,(H2,23,24,25);1H. The number of rotatable bonds is 6. The van der Waals surface area contributed by atoms with Gasteiger partial charge in [-0.25, -0.2) is 0 Å². The number of likely N-dealkylation sites (tertiary alicyclic amines) is 1. The van der Waals surface area contributed by atoms with Gasteiger partial charge in [-0.3, -0.25) is 9.89 Å². The van der Waals surface area contributed by atoms with Crippen molar-refractivity contribution in [2.75, 3.05) is 26.2 Å². The molecule has 1 saturated carbocycles. The number of hydrogen-bond acceptors (Lipinski definition) is 3. The van der Waals surface area contributed by atoms with Crippen molar-refractivity contribution in [3.05, 3.63) is 35.4 Å². The summed E-state index contributed by atoms with van der Waals surface area (Å²) in [7, 11) is 0. The van der Waals surface area contributed by atoms with E-state index in [0.29, 0.717) is 12.0 Å². The Morgan fingerprint density at radius 2 is 2.00 bits per heavy atom. The van der Waals surface area contributed by atoms with Crippen LogP contribution in [0, 0.1) is 12.8 Å². The molecule has 1 saturated heterocycles. The predicted octanol–water partition coefficient (Wildman–Crippen LogP) is 3.29. The van der Waals surface area contributed by atoms with Gasteiger partial charge in [0.15, 0.2) is 5.96 Å². The monoisotopic (exact) mass is 500 g/mol. The maximum absolute atomic E-state index is 10.0. The van der Waals surface area contributed by atoms with Crippen LogP contribution in [-0.2, 0) is 6.54 Å². The predicted molar refractivity (Wildman–Crippen MR) is 127 cm³/mol. The Labute approximate surface area is 187 Å². The van der Waals surface area contributed by atoms with Crippen LogP contribution >= 0.6 is 24.0 Å². The Kier molecular flexibility index (Phi) is 10.0. The van der Waals surface area contributed by atoms with Crippen molar-refractivity contribution in [1.29, 1.82) is 0 Å². The van der Waals surface area contributed by atoms with Crippen molar-refractivity contribution >= 4 is 29.9 Å². The maximum atomic E-state index is 10.0. The second-order valence-corrected chi connectivity index (χ2v) is 8.16. The van der Waals surface area contributed by atoms with Gasteiger partial charge in [-0.05, 0) is 45.1 Å². The van der Waals surface area contributed by atoms with E-state index in [9.17, 15) is 5.11 Å². The molecule has 1 aromatic carbocycles. The number of halogens is 1. The van der Waals surface area contributed by atoms with E-state index in [-0.39, 0.29) is 30.1 Å². The molecule has 5 nitrogen and oxygen atoms in total. The minimum Gasteiger partial charge on any atom is -0.393 e. The van der Waals surface area contributed by atoms with E-state index < -0.39 is 0 Å². The molecule has 28 heavy (non-hydrogen) atoms. The SMILES string of the molecule is CCNC(=NCC1CCCC1O)NC1CCN(Cc2cccc(C)c2)CC1.I. The maximum Gasteiger partial charge on any atom is 0.191 e. The molecule has 158 valence electrons. The average molecular weight is 500 g/mol. The Bertz CT molecular complexity index is 616. The normalized spacial score (nSPS) is 24.0. The molecule has 0 radical (unpaired) electrons. The van der Waals surface area contributed by atoms with Gasteiger partial charge in [0.2, 0.25) is 0 Å². The first-order chi connectivity index (χ1) is 13.1. The summed E-state index contributed by atoms with van der Waals surface area (Å²) in [4.78, 5) is 7.30. The van der Waals surface area contributed by atoms with Crippen LogP contribution in [0.2, 0.25) is 0 Å². The largest absolute Gasteiger partial charge is 0.393 e. The molecule has 0 bridgehead atoms. The lowest BCUT2D eigenvalue weighted by Gasteiger charge is -2.33. The zero-order valence-electron chi connectivity index (χ0n) is 17.4. The first kappa shape index (κ1) is 23.4. The topological polar surface area (TPSA) is 59.9 Å². The molecule has 0 amide bonds. The molecule has 2 fully saturated rings. The van der Waals surface area contributed by atoms with E-state index >= 15 is 0 Å². The summed E-state index contributed by atoms with van der Waals surface area (Å²) < 4.78 is 0. The van der Waals surface area contributed by atoms with Crippen LogP contribution in [0.3, 0.4) is 0 Å². The number of aliphatic imine (C=N–C) groups is 1. The summed E-state index contributed by atoms with van der Waals surface area (Å²) in [6.45, 7) is 9.13. The summed E-state index contributed by atoms with van der Waals surface area (Å²) in [5.41, 5.74) is 2.74. The minimum atomic E-state index is -0.165. The highest BCUT2D eigenvalue weighted by atomic mass is 127. The number of aliphatic hydroxyl groups excluding tert-OH is 1. The van der Waals surface area contributed by atoms with E-state index in [1.54, 1.807) is 0 Å². The Morgan fingerprint density at radius 3 is 2.64 bits per heavy atom. The Balaban J connectivity index is 0.00000280. The summed E-state index contributed by atoms with van der Waals surface area (Å²) in [6.07, 6.45) is 5.28. The molecular formula is C22H37IN4O. The van der Waals surface area contributed by atoms with Gasteiger partial charge in [0.25, 0.3) is 0 Å². The molecule has 2 unspecified atom stereocenters. The molecule has 1 aromatic rings. The molecule has 0 aromatic heterocycles. The zero-order valence-corrected chi connectivity index (χ0v) is 19.7. The van der Waals surface area contributed by atoms with Crippen molar-refractivity contribution in [2.24, 2.45) is 10.9 Å². The molecular weight excluding hydrogens is 463 g/mol. The third kappa shape index (κ3) is 7.19. The van der Waals surface area contributed by atoms with Crippen LogP contribution in [0.25, 0.3) is 0 Å². The van der Waals surface area contributed by atoms with E-state index in [2.05, 4.69) is 53.6 Å². The number of hydrogen-bond donors (Lipinski definition) is 3. The number of aliphatic hydroxyl groups is 1. The second-order valence-electron chi connectivity index (χ2n) is 8.16. The lowest BCUT2D eigenvalue weighted by atomic mass is 10.0. The highest BCUT2D eigenvalue weighted by Gasteiger charge is 2.25. The molecule has 2 aliphatic rings. The number of nitrogens with zero attached hydrogens (tertiary/aromatic N) is 2. The van der Waals surface area contributed by atoms with Gasteiger partial charge in [-0.2, -0.15) is 0 Å². The fourth-order valence-corrected chi connectivity index (χ4v) is 4.26. The fraction of sp³-hybridized carbons (Fsp3) is 0.682. The second kappa shape index (κ2) is 12.0. The Morgan fingerprint density at radius 1 is 1.21 bits per heavy atom. The lowest BCUT2D eigenvalue weighted by molar-refractivity contribution is 0.136. The number of nitrogens with one attached hydrogen (secondary N) is 2. The van der Waals surface area contributed by atoms with E-state index in [1.165, 1.54) is 11.1 Å². The molecule has 6 heteroatoms. The van der Waals surface area contributed by atoms with Gasteiger partial charge < -0.3 is 15.7 Å². The average Bonchev–Trinajstić information content (AvgIpc) is 3.06. The molecule has 1 aliphatic heterocycles. The number of piperidine rings is 1. The smallest absolute Gasteiger partial charge is 0.191 e. The molecule has 3 N–H and O–H groups in total. The third-order valence-corrected chi connectivity index (χ3v) is 5.86. The van der Waals surface area contributed by atoms with Crippen molar-refractivity contribution in [1.82, 2.24) is 15.5 Å². The van der Waals surface area contributed by atoms with Gasteiger partial charge in [-0.1, -0.05) is 36.2 Å². The molecule has 1 aliphatic carbocycles. The van der Waals surface area contributed by atoms with Crippen LogP contribution in [-0.4, -0.2) is 54.3 Å². The summed E-state index contributed by atoms with van der Waals surface area (Å²) in [5, 5.41) is 17.0. The minimum absolute atomic E-state index is 0. The van der Waals surface area contributed by atoms with Crippen molar-refractivity contribution < 1.29 is 5.11 Å². The van der Waals surface area contributed by atoms with Crippen LogP contribution in [0.1, 0.15) is 50.2 Å². The van der Waals surface area contributed by atoms with E-state index in [0.717, 1.165) is 70.8 Å². The summed E-state index contributed by atoms with van der Waals surface area (Å²) in [6, 6.07) is 9.30. The molecule has 1 heterocycles. The molecule has 2 atom stereocenters.